The van der Waals surface area contributed by atoms with Gasteiger partial charge in [0.2, 0.25) is 15.9 Å². The van der Waals surface area contributed by atoms with Crippen molar-refractivity contribution in [3.63, 3.8) is 0 Å². The van der Waals surface area contributed by atoms with E-state index in [0.717, 1.165) is 16.9 Å². The summed E-state index contributed by atoms with van der Waals surface area (Å²) in [6.45, 7) is 2.91. The van der Waals surface area contributed by atoms with Gasteiger partial charge in [-0.1, -0.05) is 35.9 Å². The lowest BCUT2D eigenvalue weighted by molar-refractivity contribution is -0.126. The van der Waals surface area contributed by atoms with Crippen molar-refractivity contribution in [2.75, 3.05) is 20.2 Å². The average Bonchev–Trinajstić information content (AvgIpc) is 2.72. The van der Waals surface area contributed by atoms with Gasteiger partial charge in [-0.3, -0.25) is 4.79 Å². The van der Waals surface area contributed by atoms with Gasteiger partial charge in [0.25, 0.3) is 0 Å². The van der Waals surface area contributed by atoms with Crippen LogP contribution < -0.4 is 10.1 Å². The highest BCUT2D eigenvalue weighted by atomic mass is 32.2. The van der Waals surface area contributed by atoms with E-state index in [1.54, 1.807) is 31.4 Å². The molecule has 1 N–H and O–H groups in total. The molecular weight excluding hydrogens is 376 g/mol. The second kappa shape index (κ2) is 8.75. The number of nitrogens with one attached hydrogen (secondary N) is 1. The smallest absolute Gasteiger partial charge is 0.243 e. The van der Waals surface area contributed by atoms with E-state index in [0.29, 0.717) is 25.9 Å². The predicted octanol–water partition coefficient (Wildman–Crippen LogP) is 2.72. The number of methoxy groups -OCH3 is 1. The Morgan fingerprint density at radius 1 is 1.18 bits per heavy atom. The molecule has 1 saturated heterocycles. The van der Waals surface area contributed by atoms with E-state index in [1.165, 1.54) is 4.31 Å². The number of para-hydroxylation sites is 1. The van der Waals surface area contributed by atoms with Gasteiger partial charge < -0.3 is 10.1 Å². The van der Waals surface area contributed by atoms with Gasteiger partial charge in [-0.05, 0) is 38.0 Å². The number of carbonyl (C=O) groups excluding carboxylic acids is 1. The Morgan fingerprint density at radius 2 is 1.89 bits per heavy atom. The first-order valence-electron chi connectivity index (χ1n) is 9.38. The molecule has 0 aromatic heterocycles. The molecule has 28 heavy (non-hydrogen) atoms. The number of hydrogen-bond donors (Lipinski definition) is 1. The van der Waals surface area contributed by atoms with Crippen molar-refractivity contribution in [1.29, 1.82) is 0 Å². The summed E-state index contributed by atoms with van der Waals surface area (Å²) in [7, 11) is -2.00. The van der Waals surface area contributed by atoms with E-state index in [9.17, 15) is 13.2 Å². The lowest BCUT2D eigenvalue weighted by Gasteiger charge is -2.31. The van der Waals surface area contributed by atoms with Gasteiger partial charge in [-0.25, -0.2) is 8.42 Å². The number of carbonyl (C=O) groups is 1. The van der Waals surface area contributed by atoms with E-state index in [1.807, 2.05) is 31.2 Å². The highest BCUT2D eigenvalue weighted by Crippen LogP contribution is 2.24. The molecule has 1 atom stereocenters. The number of sulfonamides is 1. The largest absolute Gasteiger partial charge is 0.496 e. The average molecular weight is 403 g/mol. The maximum atomic E-state index is 12.9. The zero-order valence-electron chi connectivity index (χ0n) is 16.2. The zero-order valence-corrected chi connectivity index (χ0v) is 17.0. The van der Waals surface area contributed by atoms with Gasteiger partial charge in [0.05, 0.1) is 17.9 Å². The van der Waals surface area contributed by atoms with Gasteiger partial charge in [0, 0.05) is 25.2 Å². The Hall–Kier alpha value is -2.38. The minimum Gasteiger partial charge on any atom is -0.496 e. The van der Waals surface area contributed by atoms with E-state index >= 15 is 0 Å². The third-order valence-corrected chi connectivity index (χ3v) is 6.94. The summed E-state index contributed by atoms with van der Waals surface area (Å²) >= 11 is 0. The third kappa shape index (κ3) is 4.54. The minimum absolute atomic E-state index is 0.130. The van der Waals surface area contributed by atoms with Crippen molar-refractivity contribution in [3.05, 3.63) is 59.7 Å². The van der Waals surface area contributed by atoms with Gasteiger partial charge in [0.1, 0.15) is 5.75 Å². The Labute approximate surface area is 166 Å². The lowest BCUT2D eigenvalue weighted by Crippen LogP contribution is -2.45. The standard InChI is InChI=1S/C21H26N2O4S/c1-16-9-11-19(12-10-16)28(25,26)23-13-5-7-18(15-23)21(24)22-14-17-6-3-4-8-20(17)27-2/h3-4,6,8-12,18H,5,7,13-15H2,1-2H3,(H,22,24)/t18-/m1/s1. The molecule has 0 saturated carbocycles. The van der Waals surface area contributed by atoms with E-state index < -0.39 is 10.0 Å². The molecule has 1 amide bonds. The molecule has 2 aromatic carbocycles. The number of amides is 1. The number of aryl methyl sites for hydroxylation is 1. The van der Waals surface area contributed by atoms with Crippen molar-refractivity contribution in [3.8, 4) is 5.75 Å². The minimum atomic E-state index is -3.59. The maximum Gasteiger partial charge on any atom is 0.243 e. The maximum absolute atomic E-state index is 12.9. The van der Waals surface area contributed by atoms with Crippen molar-refractivity contribution in [1.82, 2.24) is 9.62 Å². The molecule has 0 spiro atoms. The monoisotopic (exact) mass is 402 g/mol. The van der Waals surface area contributed by atoms with Crippen LogP contribution in [0.4, 0.5) is 0 Å². The quantitative estimate of drug-likeness (QED) is 0.806. The highest BCUT2D eigenvalue weighted by Gasteiger charge is 2.33. The molecule has 1 heterocycles. The molecule has 7 heteroatoms. The Bertz CT molecular complexity index is 926. The van der Waals surface area contributed by atoms with Crippen LogP contribution >= 0.6 is 0 Å². The van der Waals surface area contributed by atoms with Crippen LogP contribution in [-0.4, -0.2) is 38.8 Å². The molecule has 2 aromatic rings. The van der Waals surface area contributed by atoms with Gasteiger partial charge >= 0.3 is 0 Å². The van der Waals surface area contributed by atoms with Crippen molar-refractivity contribution < 1.29 is 17.9 Å². The Morgan fingerprint density at radius 3 is 2.61 bits per heavy atom. The van der Waals surface area contributed by atoms with Gasteiger partial charge in [-0.2, -0.15) is 4.31 Å². The van der Waals surface area contributed by atoms with Crippen molar-refractivity contribution >= 4 is 15.9 Å². The van der Waals surface area contributed by atoms with Crippen LogP contribution in [0.2, 0.25) is 0 Å². The summed E-state index contributed by atoms with van der Waals surface area (Å²) < 4.78 is 32.5. The highest BCUT2D eigenvalue weighted by molar-refractivity contribution is 7.89. The van der Waals surface area contributed by atoms with Crippen molar-refractivity contribution in [2.45, 2.75) is 31.2 Å². The molecule has 0 unspecified atom stereocenters. The van der Waals surface area contributed by atoms with Crippen LogP contribution in [-0.2, 0) is 21.4 Å². The molecule has 6 nitrogen and oxygen atoms in total. The molecule has 1 aliphatic heterocycles. The lowest BCUT2D eigenvalue weighted by atomic mass is 9.98. The summed E-state index contributed by atoms with van der Waals surface area (Å²) in [5, 5.41) is 2.92. The molecule has 1 aliphatic rings. The number of nitrogens with zero attached hydrogens (tertiary/aromatic N) is 1. The van der Waals surface area contributed by atoms with Crippen LogP contribution in [0, 0.1) is 12.8 Å². The van der Waals surface area contributed by atoms with E-state index in [2.05, 4.69) is 5.32 Å². The van der Waals surface area contributed by atoms with Crippen LogP contribution in [0.5, 0.6) is 5.75 Å². The first-order chi connectivity index (χ1) is 13.4. The Balaban J connectivity index is 1.65. The second-order valence-electron chi connectivity index (χ2n) is 7.04. The third-order valence-electron chi connectivity index (χ3n) is 5.06. The molecule has 3 rings (SSSR count). The Kier molecular flexibility index (Phi) is 6.36. The normalized spacial score (nSPS) is 17.9. The summed E-state index contributed by atoms with van der Waals surface area (Å²) in [4.78, 5) is 12.9. The molecule has 0 aliphatic carbocycles. The van der Waals surface area contributed by atoms with Crippen LogP contribution in [0.15, 0.2) is 53.4 Å². The fourth-order valence-corrected chi connectivity index (χ4v) is 4.93. The number of hydrogen-bond acceptors (Lipinski definition) is 4. The number of rotatable bonds is 6. The predicted molar refractivity (Wildman–Crippen MR) is 108 cm³/mol. The topological polar surface area (TPSA) is 75.7 Å². The van der Waals surface area contributed by atoms with Gasteiger partial charge in [0.15, 0.2) is 0 Å². The van der Waals surface area contributed by atoms with E-state index in [4.69, 9.17) is 4.74 Å². The SMILES string of the molecule is COc1ccccc1CNC(=O)[C@@H]1CCCN(S(=O)(=O)c2ccc(C)cc2)C1. The fraction of sp³-hybridized carbons (Fsp3) is 0.381. The molecule has 150 valence electrons. The van der Waals surface area contributed by atoms with Crippen molar-refractivity contribution in [2.24, 2.45) is 5.92 Å². The summed E-state index contributed by atoms with van der Waals surface area (Å²) in [5.41, 5.74) is 1.89. The zero-order chi connectivity index (χ0) is 20.1. The summed E-state index contributed by atoms with van der Waals surface area (Å²) in [6, 6.07) is 14.3. The molecular formula is C21H26N2O4S. The van der Waals surface area contributed by atoms with Gasteiger partial charge in [-0.15, -0.1) is 0 Å². The molecule has 0 bridgehead atoms. The molecule has 1 fully saturated rings. The van der Waals surface area contributed by atoms with E-state index in [-0.39, 0.29) is 23.3 Å². The summed E-state index contributed by atoms with van der Waals surface area (Å²) in [5.74, 6) is 0.230. The number of benzene rings is 2. The first-order valence-corrected chi connectivity index (χ1v) is 10.8. The molecule has 0 radical (unpaired) electrons. The van der Waals surface area contributed by atoms with Crippen LogP contribution in [0.1, 0.15) is 24.0 Å². The fourth-order valence-electron chi connectivity index (χ4n) is 3.41. The number of ether oxygens (including phenoxy) is 1. The van der Waals surface area contributed by atoms with Crippen LogP contribution in [0.3, 0.4) is 0 Å². The first kappa shape index (κ1) is 20.4. The summed E-state index contributed by atoms with van der Waals surface area (Å²) in [6.07, 6.45) is 1.34. The second-order valence-corrected chi connectivity index (χ2v) is 8.98. The number of piperidine rings is 1. The van der Waals surface area contributed by atoms with Crippen LogP contribution in [0.25, 0.3) is 0 Å².